The summed E-state index contributed by atoms with van der Waals surface area (Å²) in [5.41, 5.74) is 1.36. The maximum Gasteiger partial charge on any atom is 0.251 e. The summed E-state index contributed by atoms with van der Waals surface area (Å²) in [6, 6.07) is 8.90. The molecule has 0 aliphatic carbocycles. The van der Waals surface area contributed by atoms with E-state index in [2.05, 4.69) is 9.97 Å². The molecule has 19 heavy (non-hydrogen) atoms. The molecular weight excluding hydrogens is 244 g/mol. The first-order valence-electron chi connectivity index (χ1n) is 5.96. The Balaban J connectivity index is 2.37. The number of benzene rings is 1. The molecule has 0 fully saturated rings. The summed E-state index contributed by atoms with van der Waals surface area (Å²) >= 11 is 0. The van der Waals surface area contributed by atoms with Crippen LogP contribution in [-0.2, 0) is 11.2 Å². The van der Waals surface area contributed by atoms with Gasteiger partial charge in [0.2, 0.25) is 0 Å². The predicted octanol–water partition coefficient (Wildman–Crippen LogP) is 1.63. The summed E-state index contributed by atoms with van der Waals surface area (Å²) in [7, 11) is 3.22. The van der Waals surface area contributed by atoms with Crippen LogP contribution >= 0.6 is 0 Å². The fourth-order valence-electron chi connectivity index (χ4n) is 1.75. The molecule has 1 aromatic heterocycles. The lowest BCUT2D eigenvalue weighted by molar-refractivity contribution is 0.201. The second-order valence-corrected chi connectivity index (χ2v) is 4.06. The number of nitrogens with one attached hydrogen (secondary N) is 1. The van der Waals surface area contributed by atoms with Gasteiger partial charge in [-0.1, -0.05) is 12.1 Å². The van der Waals surface area contributed by atoms with Gasteiger partial charge in [0.25, 0.3) is 5.56 Å². The van der Waals surface area contributed by atoms with E-state index in [-0.39, 0.29) is 5.56 Å². The monoisotopic (exact) mass is 260 g/mol. The summed E-state index contributed by atoms with van der Waals surface area (Å²) in [6.07, 6.45) is 0.609. The minimum absolute atomic E-state index is 0.168. The highest BCUT2D eigenvalue weighted by molar-refractivity contribution is 5.57. The number of rotatable bonds is 5. The van der Waals surface area contributed by atoms with Crippen LogP contribution in [0.15, 0.2) is 35.1 Å². The first-order chi connectivity index (χ1) is 9.22. The molecule has 0 radical (unpaired) electrons. The number of hydrogen-bond acceptors (Lipinski definition) is 4. The van der Waals surface area contributed by atoms with E-state index in [0.717, 1.165) is 11.3 Å². The van der Waals surface area contributed by atoms with Gasteiger partial charge in [0.05, 0.1) is 19.4 Å². The van der Waals surface area contributed by atoms with E-state index in [1.165, 1.54) is 6.07 Å². The quantitative estimate of drug-likeness (QED) is 0.887. The molecule has 1 N–H and O–H groups in total. The standard InChI is InChI=1S/C14H16N2O3/c1-18-7-6-11-9-13(17)16-14(15-11)10-4-3-5-12(8-10)19-2/h3-5,8-9H,6-7H2,1-2H3,(H,15,16,17). The molecule has 5 nitrogen and oxygen atoms in total. The van der Waals surface area contributed by atoms with Crippen molar-refractivity contribution in [3.63, 3.8) is 0 Å². The van der Waals surface area contributed by atoms with Crippen LogP contribution in [0.3, 0.4) is 0 Å². The number of aromatic amines is 1. The molecule has 2 rings (SSSR count). The summed E-state index contributed by atoms with van der Waals surface area (Å²) in [5, 5.41) is 0. The molecule has 0 aliphatic heterocycles. The molecule has 5 heteroatoms. The Morgan fingerprint density at radius 2 is 2.11 bits per heavy atom. The zero-order chi connectivity index (χ0) is 13.7. The van der Waals surface area contributed by atoms with Crippen LogP contribution in [0.4, 0.5) is 0 Å². The predicted molar refractivity (Wildman–Crippen MR) is 72.4 cm³/mol. The maximum atomic E-state index is 11.6. The van der Waals surface area contributed by atoms with E-state index in [0.29, 0.717) is 24.5 Å². The van der Waals surface area contributed by atoms with Crippen LogP contribution in [0, 0.1) is 0 Å². The minimum atomic E-state index is -0.168. The van der Waals surface area contributed by atoms with Crippen LogP contribution < -0.4 is 10.3 Å². The van der Waals surface area contributed by atoms with Crippen LogP contribution in [0.5, 0.6) is 5.75 Å². The van der Waals surface area contributed by atoms with Gasteiger partial charge < -0.3 is 14.5 Å². The normalized spacial score (nSPS) is 10.4. The van der Waals surface area contributed by atoms with Gasteiger partial charge in [0.1, 0.15) is 11.6 Å². The van der Waals surface area contributed by atoms with Crippen molar-refractivity contribution in [2.45, 2.75) is 6.42 Å². The van der Waals surface area contributed by atoms with Gasteiger partial charge in [0, 0.05) is 25.2 Å². The largest absolute Gasteiger partial charge is 0.497 e. The zero-order valence-corrected chi connectivity index (χ0v) is 11.0. The van der Waals surface area contributed by atoms with E-state index < -0.39 is 0 Å². The van der Waals surface area contributed by atoms with E-state index in [1.54, 1.807) is 14.2 Å². The van der Waals surface area contributed by atoms with Crippen molar-refractivity contribution >= 4 is 0 Å². The van der Waals surface area contributed by atoms with Gasteiger partial charge in [-0.15, -0.1) is 0 Å². The Bertz CT molecular complexity index is 608. The summed E-state index contributed by atoms with van der Waals surface area (Å²) < 4.78 is 10.2. The van der Waals surface area contributed by atoms with E-state index in [9.17, 15) is 4.79 Å². The SMILES string of the molecule is COCCc1cc(=O)[nH]c(-c2cccc(OC)c2)n1. The second kappa shape index (κ2) is 6.15. The molecule has 1 aromatic carbocycles. The van der Waals surface area contributed by atoms with Crippen molar-refractivity contribution in [1.82, 2.24) is 9.97 Å². The molecule has 1 heterocycles. The molecule has 0 atom stereocenters. The Hall–Kier alpha value is -2.14. The van der Waals surface area contributed by atoms with E-state index in [4.69, 9.17) is 9.47 Å². The number of methoxy groups -OCH3 is 2. The van der Waals surface area contributed by atoms with Crippen molar-refractivity contribution in [2.24, 2.45) is 0 Å². The van der Waals surface area contributed by atoms with Crippen molar-refractivity contribution in [3.05, 3.63) is 46.4 Å². The van der Waals surface area contributed by atoms with Gasteiger partial charge in [-0.25, -0.2) is 4.98 Å². The van der Waals surface area contributed by atoms with Crippen molar-refractivity contribution in [3.8, 4) is 17.1 Å². The molecule has 0 bridgehead atoms. The smallest absolute Gasteiger partial charge is 0.251 e. The summed E-state index contributed by atoms with van der Waals surface area (Å²) in [4.78, 5) is 18.8. The van der Waals surface area contributed by atoms with Gasteiger partial charge in [-0.2, -0.15) is 0 Å². The second-order valence-electron chi connectivity index (χ2n) is 4.06. The van der Waals surface area contributed by atoms with E-state index in [1.807, 2.05) is 24.3 Å². The highest BCUT2D eigenvalue weighted by atomic mass is 16.5. The van der Waals surface area contributed by atoms with Crippen LogP contribution in [0.25, 0.3) is 11.4 Å². The molecule has 2 aromatic rings. The Labute approximate surface area is 111 Å². The fourth-order valence-corrected chi connectivity index (χ4v) is 1.75. The molecule has 0 spiro atoms. The van der Waals surface area contributed by atoms with Crippen molar-refractivity contribution < 1.29 is 9.47 Å². The molecule has 0 saturated carbocycles. The molecular formula is C14H16N2O3. The number of ether oxygens (including phenoxy) is 2. The molecule has 100 valence electrons. The van der Waals surface area contributed by atoms with Crippen LogP contribution in [0.2, 0.25) is 0 Å². The van der Waals surface area contributed by atoms with E-state index >= 15 is 0 Å². The molecule has 0 aliphatic rings. The number of H-pyrrole nitrogens is 1. The molecule has 0 saturated heterocycles. The number of aromatic nitrogens is 2. The summed E-state index contributed by atoms with van der Waals surface area (Å²) in [5.74, 6) is 1.26. The average Bonchev–Trinajstić information content (AvgIpc) is 2.44. The number of hydrogen-bond donors (Lipinski definition) is 1. The van der Waals surface area contributed by atoms with Gasteiger partial charge in [0.15, 0.2) is 0 Å². The number of nitrogens with zero attached hydrogens (tertiary/aromatic N) is 1. The minimum Gasteiger partial charge on any atom is -0.497 e. The Morgan fingerprint density at radius 1 is 1.26 bits per heavy atom. The van der Waals surface area contributed by atoms with Crippen LogP contribution in [-0.4, -0.2) is 30.8 Å². The topological polar surface area (TPSA) is 64.2 Å². The molecule has 0 unspecified atom stereocenters. The Morgan fingerprint density at radius 3 is 2.84 bits per heavy atom. The van der Waals surface area contributed by atoms with Crippen molar-refractivity contribution in [2.75, 3.05) is 20.8 Å². The lowest BCUT2D eigenvalue weighted by Gasteiger charge is -2.06. The third-order valence-corrected chi connectivity index (χ3v) is 2.70. The zero-order valence-electron chi connectivity index (χ0n) is 11.0. The maximum absolute atomic E-state index is 11.6. The Kier molecular flexibility index (Phi) is 4.30. The van der Waals surface area contributed by atoms with Gasteiger partial charge in [-0.3, -0.25) is 4.79 Å². The van der Waals surface area contributed by atoms with Gasteiger partial charge >= 0.3 is 0 Å². The highest BCUT2D eigenvalue weighted by Gasteiger charge is 2.05. The third-order valence-electron chi connectivity index (χ3n) is 2.70. The molecule has 0 amide bonds. The summed E-state index contributed by atoms with van der Waals surface area (Å²) in [6.45, 7) is 0.536. The first-order valence-corrected chi connectivity index (χ1v) is 5.96. The van der Waals surface area contributed by atoms with Crippen molar-refractivity contribution in [1.29, 1.82) is 0 Å². The first kappa shape index (κ1) is 13.3. The van der Waals surface area contributed by atoms with Gasteiger partial charge in [-0.05, 0) is 12.1 Å². The lowest BCUT2D eigenvalue weighted by Crippen LogP contribution is -2.11. The third kappa shape index (κ3) is 3.42. The highest BCUT2D eigenvalue weighted by Crippen LogP contribution is 2.20. The average molecular weight is 260 g/mol. The lowest BCUT2D eigenvalue weighted by atomic mass is 10.2. The fraction of sp³-hybridized carbons (Fsp3) is 0.286. The van der Waals surface area contributed by atoms with Crippen LogP contribution in [0.1, 0.15) is 5.69 Å².